The number of rotatable bonds is 0. The summed E-state index contributed by atoms with van der Waals surface area (Å²) in [5.74, 6) is 0.139. The van der Waals surface area contributed by atoms with Crippen molar-refractivity contribution in [2.24, 2.45) is 0 Å². The van der Waals surface area contributed by atoms with Gasteiger partial charge in [0.15, 0.2) is 0 Å². The first-order valence-corrected chi connectivity index (χ1v) is 5.37. The SMILES string of the molecule is CN1CCCn2cc(I)cc2C1=O. The van der Waals surface area contributed by atoms with Crippen molar-refractivity contribution in [3.63, 3.8) is 0 Å². The summed E-state index contributed by atoms with van der Waals surface area (Å²) in [6.07, 6.45) is 3.08. The van der Waals surface area contributed by atoms with Crippen LogP contribution in [0.4, 0.5) is 0 Å². The average molecular weight is 290 g/mol. The van der Waals surface area contributed by atoms with Gasteiger partial charge < -0.3 is 9.47 Å². The molecule has 1 amide bonds. The summed E-state index contributed by atoms with van der Waals surface area (Å²) in [4.78, 5) is 13.5. The number of halogens is 1. The predicted molar refractivity (Wildman–Crippen MR) is 58.7 cm³/mol. The number of hydrogen-bond acceptors (Lipinski definition) is 1. The Kier molecular flexibility index (Phi) is 2.31. The monoisotopic (exact) mass is 290 g/mol. The Hall–Kier alpha value is -0.520. The van der Waals surface area contributed by atoms with Crippen molar-refractivity contribution in [1.82, 2.24) is 9.47 Å². The van der Waals surface area contributed by atoms with Crippen LogP contribution in [0.1, 0.15) is 16.9 Å². The molecule has 0 aliphatic carbocycles. The summed E-state index contributed by atoms with van der Waals surface area (Å²) in [5, 5.41) is 0. The summed E-state index contributed by atoms with van der Waals surface area (Å²) < 4.78 is 3.18. The Balaban J connectivity index is 2.45. The summed E-state index contributed by atoms with van der Waals surface area (Å²) in [5.41, 5.74) is 0.824. The van der Waals surface area contributed by atoms with Crippen LogP contribution in [0.2, 0.25) is 0 Å². The van der Waals surface area contributed by atoms with Gasteiger partial charge in [0.05, 0.1) is 0 Å². The Morgan fingerprint density at radius 3 is 3.00 bits per heavy atom. The number of amides is 1. The molecule has 4 heteroatoms. The second kappa shape index (κ2) is 3.32. The van der Waals surface area contributed by atoms with E-state index < -0.39 is 0 Å². The molecular weight excluding hydrogens is 279 g/mol. The number of hydrogen-bond donors (Lipinski definition) is 0. The zero-order valence-electron chi connectivity index (χ0n) is 7.46. The molecule has 2 rings (SSSR count). The topological polar surface area (TPSA) is 25.2 Å². The third kappa shape index (κ3) is 1.59. The molecule has 1 aliphatic rings. The molecule has 0 unspecified atom stereocenters. The lowest BCUT2D eigenvalue weighted by Crippen LogP contribution is -2.26. The molecule has 1 aromatic heterocycles. The number of nitrogens with zero attached hydrogens (tertiary/aromatic N) is 2. The minimum absolute atomic E-state index is 0.139. The third-order valence-electron chi connectivity index (χ3n) is 2.32. The predicted octanol–water partition coefficient (Wildman–Crippen LogP) is 1.57. The molecule has 2 heterocycles. The molecule has 1 aliphatic heterocycles. The van der Waals surface area contributed by atoms with Crippen LogP contribution in [-0.4, -0.2) is 29.0 Å². The van der Waals surface area contributed by atoms with Gasteiger partial charge in [-0.2, -0.15) is 0 Å². The van der Waals surface area contributed by atoms with Gasteiger partial charge in [-0.1, -0.05) is 0 Å². The highest BCUT2D eigenvalue weighted by Crippen LogP contribution is 2.16. The summed E-state index contributed by atoms with van der Waals surface area (Å²) in [6.45, 7) is 1.81. The lowest BCUT2D eigenvalue weighted by molar-refractivity contribution is 0.0797. The van der Waals surface area contributed by atoms with Crippen molar-refractivity contribution < 1.29 is 4.79 Å². The number of aryl methyl sites for hydroxylation is 1. The van der Waals surface area contributed by atoms with E-state index in [0.29, 0.717) is 0 Å². The van der Waals surface area contributed by atoms with E-state index in [9.17, 15) is 4.79 Å². The van der Waals surface area contributed by atoms with Crippen LogP contribution in [0.5, 0.6) is 0 Å². The van der Waals surface area contributed by atoms with E-state index in [4.69, 9.17) is 0 Å². The van der Waals surface area contributed by atoms with Crippen LogP contribution in [0, 0.1) is 3.57 Å². The number of aromatic nitrogens is 1. The average Bonchev–Trinajstić information content (AvgIpc) is 2.40. The molecule has 13 heavy (non-hydrogen) atoms. The second-order valence-corrected chi connectivity index (χ2v) is 4.56. The number of carbonyl (C=O) groups is 1. The number of carbonyl (C=O) groups excluding carboxylic acids is 1. The van der Waals surface area contributed by atoms with E-state index in [2.05, 4.69) is 22.6 Å². The minimum Gasteiger partial charge on any atom is -0.342 e. The van der Waals surface area contributed by atoms with Crippen molar-refractivity contribution in [3.05, 3.63) is 21.5 Å². The van der Waals surface area contributed by atoms with E-state index in [0.717, 1.165) is 28.8 Å². The number of fused-ring (bicyclic) bond motifs is 1. The Labute approximate surface area is 90.9 Å². The molecule has 70 valence electrons. The fourth-order valence-electron chi connectivity index (χ4n) is 1.61. The van der Waals surface area contributed by atoms with Crippen LogP contribution < -0.4 is 0 Å². The van der Waals surface area contributed by atoms with Crippen molar-refractivity contribution in [3.8, 4) is 0 Å². The highest BCUT2D eigenvalue weighted by Gasteiger charge is 2.19. The molecule has 0 atom stereocenters. The molecular formula is C9H11IN2O. The molecule has 1 aromatic rings. The molecule has 0 radical (unpaired) electrons. The van der Waals surface area contributed by atoms with E-state index in [-0.39, 0.29) is 5.91 Å². The van der Waals surface area contributed by atoms with E-state index >= 15 is 0 Å². The lowest BCUT2D eigenvalue weighted by atomic mass is 10.4. The van der Waals surface area contributed by atoms with E-state index in [1.54, 1.807) is 4.90 Å². The van der Waals surface area contributed by atoms with Crippen molar-refractivity contribution in [2.45, 2.75) is 13.0 Å². The third-order valence-corrected chi connectivity index (χ3v) is 2.91. The zero-order chi connectivity index (χ0) is 9.42. The van der Waals surface area contributed by atoms with Gasteiger partial charge in [0.1, 0.15) is 5.69 Å². The van der Waals surface area contributed by atoms with Crippen LogP contribution in [0.3, 0.4) is 0 Å². The first kappa shape index (κ1) is 9.05. The molecule has 0 fully saturated rings. The first-order valence-electron chi connectivity index (χ1n) is 4.29. The maximum absolute atomic E-state index is 11.8. The van der Waals surface area contributed by atoms with Gasteiger partial charge in [-0.3, -0.25) is 4.79 Å². The second-order valence-electron chi connectivity index (χ2n) is 3.32. The maximum atomic E-state index is 11.8. The molecule has 0 aromatic carbocycles. The van der Waals surface area contributed by atoms with Gasteiger partial charge in [-0.15, -0.1) is 0 Å². The standard InChI is InChI=1S/C9H11IN2O/c1-11-3-2-4-12-6-7(10)5-8(12)9(11)13/h5-6H,2-4H2,1H3. The van der Waals surface area contributed by atoms with Gasteiger partial charge in [-0.05, 0) is 35.1 Å². The maximum Gasteiger partial charge on any atom is 0.270 e. The first-order chi connectivity index (χ1) is 6.18. The summed E-state index contributed by atoms with van der Waals surface area (Å²) in [6, 6.07) is 1.95. The van der Waals surface area contributed by atoms with Crippen molar-refractivity contribution in [1.29, 1.82) is 0 Å². The molecule has 3 nitrogen and oxygen atoms in total. The van der Waals surface area contributed by atoms with Gasteiger partial charge in [0.25, 0.3) is 5.91 Å². The zero-order valence-corrected chi connectivity index (χ0v) is 9.61. The minimum atomic E-state index is 0.139. The van der Waals surface area contributed by atoms with Crippen LogP contribution >= 0.6 is 22.6 Å². The molecule has 0 saturated carbocycles. The largest absolute Gasteiger partial charge is 0.342 e. The highest BCUT2D eigenvalue weighted by atomic mass is 127. The summed E-state index contributed by atoms with van der Waals surface area (Å²) in [7, 11) is 1.86. The highest BCUT2D eigenvalue weighted by molar-refractivity contribution is 14.1. The van der Waals surface area contributed by atoms with Gasteiger partial charge in [0, 0.05) is 29.9 Å². The molecule has 0 bridgehead atoms. The Morgan fingerprint density at radius 1 is 1.46 bits per heavy atom. The van der Waals surface area contributed by atoms with E-state index in [1.807, 2.05) is 23.9 Å². The van der Waals surface area contributed by atoms with Crippen molar-refractivity contribution >= 4 is 28.5 Å². The van der Waals surface area contributed by atoms with Crippen LogP contribution in [0.25, 0.3) is 0 Å². The quantitative estimate of drug-likeness (QED) is 0.666. The molecule has 0 spiro atoms. The fraction of sp³-hybridized carbons (Fsp3) is 0.444. The van der Waals surface area contributed by atoms with Crippen molar-refractivity contribution in [2.75, 3.05) is 13.6 Å². The molecule has 0 N–H and O–H groups in total. The Bertz CT molecular complexity index is 345. The Morgan fingerprint density at radius 2 is 2.23 bits per heavy atom. The van der Waals surface area contributed by atoms with Crippen LogP contribution in [-0.2, 0) is 6.54 Å². The van der Waals surface area contributed by atoms with Gasteiger partial charge in [-0.25, -0.2) is 0 Å². The summed E-state index contributed by atoms with van der Waals surface area (Å²) >= 11 is 2.24. The lowest BCUT2D eigenvalue weighted by Gasteiger charge is -2.12. The fourth-order valence-corrected chi connectivity index (χ4v) is 2.25. The van der Waals surface area contributed by atoms with Gasteiger partial charge >= 0.3 is 0 Å². The van der Waals surface area contributed by atoms with Gasteiger partial charge in [0.2, 0.25) is 0 Å². The normalized spacial score (nSPS) is 17.1. The molecule has 0 saturated heterocycles. The smallest absolute Gasteiger partial charge is 0.270 e. The van der Waals surface area contributed by atoms with Crippen LogP contribution in [0.15, 0.2) is 12.3 Å². The van der Waals surface area contributed by atoms with E-state index in [1.165, 1.54) is 0 Å².